The van der Waals surface area contributed by atoms with Crippen LogP contribution in [0.4, 0.5) is 0 Å². The van der Waals surface area contributed by atoms with Crippen LogP contribution in [-0.2, 0) is 0 Å². The van der Waals surface area contributed by atoms with E-state index >= 15 is 0 Å². The van der Waals surface area contributed by atoms with Crippen molar-refractivity contribution in [2.75, 3.05) is 47.0 Å². The van der Waals surface area contributed by atoms with Crippen LogP contribution in [-0.4, -0.2) is 63.0 Å². The highest BCUT2D eigenvalue weighted by molar-refractivity contribution is 5.79. The highest BCUT2D eigenvalue weighted by Gasteiger charge is 2.10. The molecule has 0 radical (unpaired) electrons. The molecule has 0 aromatic heterocycles. The fourth-order valence-electron chi connectivity index (χ4n) is 2.68. The van der Waals surface area contributed by atoms with Gasteiger partial charge in [-0.05, 0) is 49.9 Å². The lowest BCUT2D eigenvalue weighted by molar-refractivity contribution is 0.253. The first-order chi connectivity index (χ1) is 12.6. The van der Waals surface area contributed by atoms with Crippen molar-refractivity contribution in [3.63, 3.8) is 0 Å². The number of likely N-dealkylation sites (N-methyl/N-ethyl adjacent to an activating group) is 1. The fraction of sp³-hybridized carbons (Fsp3) is 0.650. The van der Waals surface area contributed by atoms with E-state index in [4.69, 9.17) is 14.5 Å². The third-order valence-electron chi connectivity index (χ3n) is 4.18. The molecule has 1 aromatic carbocycles. The summed E-state index contributed by atoms with van der Waals surface area (Å²) < 4.78 is 10.9. The third-order valence-corrected chi connectivity index (χ3v) is 4.18. The number of hydrogen-bond donors (Lipinski definition) is 2. The number of rotatable bonds is 12. The van der Waals surface area contributed by atoms with Crippen molar-refractivity contribution in [2.45, 2.75) is 33.1 Å². The van der Waals surface area contributed by atoms with Gasteiger partial charge in [0.25, 0.3) is 0 Å². The molecule has 0 saturated heterocycles. The van der Waals surface area contributed by atoms with E-state index in [0.717, 1.165) is 56.4 Å². The lowest BCUT2D eigenvalue weighted by Crippen LogP contribution is -2.41. The molecule has 6 nitrogen and oxygen atoms in total. The second-order valence-corrected chi connectivity index (χ2v) is 6.31. The molecular weight excluding hydrogens is 330 g/mol. The first-order valence-electron chi connectivity index (χ1n) is 9.51. The number of aliphatic imine (C=N–C) groups is 1. The Bertz CT molecular complexity index is 500. The van der Waals surface area contributed by atoms with E-state index < -0.39 is 0 Å². The van der Waals surface area contributed by atoms with Crippen LogP contribution < -0.4 is 14.8 Å². The summed E-state index contributed by atoms with van der Waals surface area (Å²) in [5.74, 6) is 2.96. The summed E-state index contributed by atoms with van der Waals surface area (Å²) in [7, 11) is 3.66. The van der Waals surface area contributed by atoms with Crippen LogP contribution in [0.5, 0.6) is 11.5 Å². The molecule has 26 heavy (non-hydrogen) atoms. The molecule has 0 bridgehead atoms. The van der Waals surface area contributed by atoms with Crippen LogP contribution in [0.2, 0.25) is 0 Å². The minimum absolute atomic E-state index is 0.224. The lowest BCUT2D eigenvalue weighted by atomic mass is 10.0. The minimum atomic E-state index is 0.224. The van der Waals surface area contributed by atoms with Crippen LogP contribution in [0, 0.1) is 5.92 Å². The molecule has 1 rings (SSSR count). The number of benzene rings is 1. The van der Waals surface area contributed by atoms with Gasteiger partial charge >= 0.3 is 0 Å². The van der Waals surface area contributed by atoms with E-state index in [0.29, 0.717) is 12.5 Å². The van der Waals surface area contributed by atoms with Crippen molar-refractivity contribution in [3.05, 3.63) is 24.3 Å². The summed E-state index contributed by atoms with van der Waals surface area (Å²) in [6.45, 7) is 7.32. The minimum Gasteiger partial charge on any atom is -0.497 e. The Morgan fingerprint density at radius 2 is 1.88 bits per heavy atom. The molecule has 1 atom stereocenters. The molecule has 0 amide bonds. The van der Waals surface area contributed by atoms with Gasteiger partial charge in [0, 0.05) is 26.7 Å². The number of guanidine groups is 1. The Balaban J connectivity index is 2.51. The lowest BCUT2D eigenvalue weighted by Gasteiger charge is -2.23. The highest BCUT2D eigenvalue weighted by Crippen LogP contribution is 2.16. The molecule has 0 heterocycles. The molecule has 0 saturated carbocycles. The van der Waals surface area contributed by atoms with E-state index in [1.54, 1.807) is 7.11 Å². The van der Waals surface area contributed by atoms with E-state index in [1.807, 2.05) is 31.3 Å². The smallest absolute Gasteiger partial charge is 0.193 e. The number of aliphatic hydroxyl groups excluding tert-OH is 1. The molecule has 0 aliphatic heterocycles. The summed E-state index contributed by atoms with van der Waals surface area (Å²) in [4.78, 5) is 6.83. The third kappa shape index (κ3) is 8.43. The molecule has 1 aromatic rings. The van der Waals surface area contributed by atoms with Gasteiger partial charge in [-0.15, -0.1) is 0 Å². The fourth-order valence-corrected chi connectivity index (χ4v) is 2.68. The van der Waals surface area contributed by atoms with Gasteiger partial charge in [-0.2, -0.15) is 0 Å². The van der Waals surface area contributed by atoms with Crippen LogP contribution >= 0.6 is 0 Å². The number of ether oxygens (including phenoxy) is 2. The van der Waals surface area contributed by atoms with Gasteiger partial charge in [0.15, 0.2) is 5.96 Å². The SMILES string of the molecule is CCCC(CCO)CN=C(NCC)N(C)CCOc1ccc(OC)cc1. The quantitative estimate of drug-likeness (QED) is 0.440. The van der Waals surface area contributed by atoms with Gasteiger partial charge in [0.05, 0.1) is 13.7 Å². The normalized spacial score (nSPS) is 12.6. The Hall–Kier alpha value is -1.95. The maximum absolute atomic E-state index is 9.20. The molecule has 1 unspecified atom stereocenters. The average molecular weight is 366 g/mol. The number of methoxy groups -OCH3 is 1. The topological polar surface area (TPSA) is 66.3 Å². The van der Waals surface area contributed by atoms with Crippen molar-refractivity contribution in [1.82, 2.24) is 10.2 Å². The zero-order valence-corrected chi connectivity index (χ0v) is 16.7. The van der Waals surface area contributed by atoms with Crippen LogP contribution in [0.15, 0.2) is 29.3 Å². The van der Waals surface area contributed by atoms with Crippen molar-refractivity contribution < 1.29 is 14.6 Å². The van der Waals surface area contributed by atoms with Gasteiger partial charge in [-0.3, -0.25) is 4.99 Å². The van der Waals surface area contributed by atoms with E-state index in [1.165, 1.54) is 0 Å². The summed E-state index contributed by atoms with van der Waals surface area (Å²) in [5.41, 5.74) is 0. The maximum atomic E-state index is 9.20. The molecular formula is C20H35N3O3. The largest absolute Gasteiger partial charge is 0.497 e. The second-order valence-electron chi connectivity index (χ2n) is 6.31. The van der Waals surface area contributed by atoms with E-state index in [9.17, 15) is 5.11 Å². The van der Waals surface area contributed by atoms with Gasteiger partial charge in [0.2, 0.25) is 0 Å². The first-order valence-corrected chi connectivity index (χ1v) is 9.51. The van der Waals surface area contributed by atoms with Crippen molar-refractivity contribution in [1.29, 1.82) is 0 Å². The zero-order chi connectivity index (χ0) is 19.2. The summed E-state index contributed by atoms with van der Waals surface area (Å²) in [5, 5.41) is 12.5. The van der Waals surface area contributed by atoms with E-state index in [-0.39, 0.29) is 6.61 Å². The van der Waals surface area contributed by atoms with Crippen molar-refractivity contribution >= 4 is 5.96 Å². The Kier molecular flexibility index (Phi) is 11.3. The van der Waals surface area contributed by atoms with Gasteiger partial charge in [-0.25, -0.2) is 0 Å². The molecule has 0 aliphatic carbocycles. The summed E-state index contributed by atoms with van der Waals surface area (Å²) in [6, 6.07) is 7.59. The molecule has 148 valence electrons. The average Bonchev–Trinajstić information content (AvgIpc) is 2.65. The zero-order valence-electron chi connectivity index (χ0n) is 16.7. The Labute approximate surface area is 158 Å². The highest BCUT2D eigenvalue weighted by atomic mass is 16.5. The van der Waals surface area contributed by atoms with Crippen molar-refractivity contribution in [2.24, 2.45) is 10.9 Å². The molecule has 0 spiro atoms. The van der Waals surface area contributed by atoms with Gasteiger partial charge in [-0.1, -0.05) is 13.3 Å². The molecule has 6 heteroatoms. The predicted octanol–water partition coefficient (Wildman–Crippen LogP) is 2.77. The van der Waals surface area contributed by atoms with E-state index in [2.05, 4.69) is 24.1 Å². The number of nitrogens with zero attached hydrogens (tertiary/aromatic N) is 2. The second kappa shape index (κ2) is 13.3. The number of nitrogens with one attached hydrogen (secondary N) is 1. The molecule has 0 aliphatic rings. The monoisotopic (exact) mass is 365 g/mol. The number of hydrogen-bond acceptors (Lipinski definition) is 4. The maximum Gasteiger partial charge on any atom is 0.193 e. The van der Waals surface area contributed by atoms with Crippen LogP contribution in [0.3, 0.4) is 0 Å². The van der Waals surface area contributed by atoms with Gasteiger partial charge in [0.1, 0.15) is 18.1 Å². The molecule has 2 N–H and O–H groups in total. The molecule has 0 fully saturated rings. The van der Waals surface area contributed by atoms with Gasteiger partial charge < -0.3 is 24.8 Å². The summed E-state index contributed by atoms with van der Waals surface area (Å²) in [6.07, 6.45) is 3.01. The Morgan fingerprint density at radius 1 is 1.19 bits per heavy atom. The standard InChI is InChI=1S/C20H35N3O3/c1-5-7-17(12-14-24)16-22-20(21-6-2)23(3)13-15-26-19-10-8-18(25-4)9-11-19/h8-11,17,24H,5-7,12-16H2,1-4H3,(H,21,22). The Morgan fingerprint density at radius 3 is 2.46 bits per heavy atom. The summed E-state index contributed by atoms with van der Waals surface area (Å²) >= 11 is 0. The number of aliphatic hydroxyl groups is 1. The van der Waals surface area contributed by atoms with Crippen LogP contribution in [0.25, 0.3) is 0 Å². The van der Waals surface area contributed by atoms with Crippen molar-refractivity contribution in [3.8, 4) is 11.5 Å². The first kappa shape index (κ1) is 22.1. The van der Waals surface area contributed by atoms with Crippen LogP contribution in [0.1, 0.15) is 33.1 Å². The predicted molar refractivity (Wildman–Crippen MR) is 107 cm³/mol.